The molecule has 1 aromatic carbocycles. The summed E-state index contributed by atoms with van der Waals surface area (Å²) < 4.78 is 5.02. The zero-order valence-corrected chi connectivity index (χ0v) is 10.9. The summed E-state index contributed by atoms with van der Waals surface area (Å²) in [4.78, 5) is 21.9. The summed E-state index contributed by atoms with van der Waals surface area (Å²) in [6, 6.07) is 6.79. The van der Waals surface area contributed by atoms with E-state index in [0.717, 1.165) is 0 Å². The molecule has 92 valence electrons. The fourth-order valence-electron chi connectivity index (χ4n) is 1.34. The number of carboxylic acid groups (broad SMARTS) is 1. The van der Waals surface area contributed by atoms with Crippen LogP contribution in [-0.4, -0.2) is 28.8 Å². The van der Waals surface area contributed by atoms with Crippen molar-refractivity contribution in [1.82, 2.24) is 0 Å². The summed E-state index contributed by atoms with van der Waals surface area (Å²) in [7, 11) is 1.53. The summed E-state index contributed by atoms with van der Waals surface area (Å²) >= 11 is 3.20. The van der Waals surface area contributed by atoms with Gasteiger partial charge in [0.05, 0.1) is 11.9 Å². The number of benzene rings is 1. The Morgan fingerprint density at radius 2 is 2.18 bits per heavy atom. The molecule has 0 aliphatic carbocycles. The van der Waals surface area contributed by atoms with Crippen molar-refractivity contribution < 1.29 is 19.4 Å². The van der Waals surface area contributed by atoms with E-state index < -0.39 is 10.8 Å². The van der Waals surface area contributed by atoms with Gasteiger partial charge in [-0.25, -0.2) is 0 Å². The lowest BCUT2D eigenvalue weighted by molar-refractivity contribution is -0.137. The van der Waals surface area contributed by atoms with Crippen LogP contribution in [0.2, 0.25) is 0 Å². The molecule has 0 aromatic heterocycles. The van der Waals surface area contributed by atoms with Crippen LogP contribution in [0, 0.1) is 0 Å². The maximum Gasteiger partial charge on any atom is 0.303 e. The maximum atomic E-state index is 11.9. The van der Waals surface area contributed by atoms with Gasteiger partial charge in [-0.3, -0.25) is 9.59 Å². The molecule has 17 heavy (non-hydrogen) atoms. The van der Waals surface area contributed by atoms with Gasteiger partial charge in [0.2, 0.25) is 0 Å². The molecule has 0 aliphatic rings. The molecule has 1 atom stereocenters. The zero-order valence-electron chi connectivity index (χ0n) is 9.35. The third kappa shape index (κ3) is 4.19. The summed E-state index contributed by atoms with van der Waals surface area (Å²) in [5.41, 5.74) is 0.511. The van der Waals surface area contributed by atoms with Crippen LogP contribution in [0.25, 0.3) is 0 Å². The fraction of sp³-hybridized carbons (Fsp3) is 0.333. The van der Waals surface area contributed by atoms with Crippen molar-refractivity contribution >= 4 is 27.7 Å². The van der Waals surface area contributed by atoms with Gasteiger partial charge in [0.1, 0.15) is 5.75 Å². The number of hydrogen-bond acceptors (Lipinski definition) is 3. The largest absolute Gasteiger partial charge is 0.497 e. The molecule has 0 radical (unpaired) electrons. The minimum atomic E-state index is -0.909. The molecule has 0 aliphatic heterocycles. The van der Waals surface area contributed by atoms with Crippen molar-refractivity contribution in [1.29, 1.82) is 0 Å². The van der Waals surface area contributed by atoms with E-state index in [9.17, 15) is 9.59 Å². The molecular formula is C12H13BrO4. The summed E-state index contributed by atoms with van der Waals surface area (Å²) in [5.74, 6) is -0.438. The third-order valence-corrected chi connectivity index (χ3v) is 3.12. The van der Waals surface area contributed by atoms with Crippen molar-refractivity contribution in [2.75, 3.05) is 7.11 Å². The summed E-state index contributed by atoms with van der Waals surface area (Å²) in [5, 5.41) is 8.54. The Bertz CT molecular complexity index is 417. The molecule has 1 rings (SSSR count). The first kappa shape index (κ1) is 13.7. The molecule has 0 bridgehead atoms. The predicted molar refractivity (Wildman–Crippen MR) is 66.9 cm³/mol. The SMILES string of the molecule is COc1cccc(C(=O)C(Br)CCC(=O)O)c1. The standard InChI is InChI=1S/C12H13BrO4/c1-17-9-4-2-3-8(7-9)12(16)10(13)5-6-11(14)15/h2-4,7,10H,5-6H2,1H3,(H,14,15). The van der Waals surface area contributed by atoms with Gasteiger partial charge in [-0.15, -0.1) is 0 Å². The highest BCUT2D eigenvalue weighted by Crippen LogP contribution is 2.19. The number of ether oxygens (including phenoxy) is 1. The van der Waals surface area contributed by atoms with Crippen LogP contribution in [0.5, 0.6) is 5.75 Å². The van der Waals surface area contributed by atoms with Crippen LogP contribution in [0.1, 0.15) is 23.2 Å². The molecule has 1 aromatic rings. The molecular weight excluding hydrogens is 288 g/mol. The van der Waals surface area contributed by atoms with Crippen LogP contribution in [0.3, 0.4) is 0 Å². The second-order valence-electron chi connectivity index (χ2n) is 3.50. The Kier molecular flexibility index (Phi) is 5.15. The third-order valence-electron chi connectivity index (χ3n) is 2.25. The quantitative estimate of drug-likeness (QED) is 0.648. The average Bonchev–Trinajstić information content (AvgIpc) is 2.35. The zero-order chi connectivity index (χ0) is 12.8. The molecule has 0 saturated carbocycles. The maximum absolute atomic E-state index is 11.9. The Balaban J connectivity index is 2.70. The highest BCUT2D eigenvalue weighted by Gasteiger charge is 2.18. The van der Waals surface area contributed by atoms with E-state index in [0.29, 0.717) is 11.3 Å². The molecule has 1 unspecified atom stereocenters. The van der Waals surface area contributed by atoms with Gasteiger partial charge < -0.3 is 9.84 Å². The van der Waals surface area contributed by atoms with Crippen LogP contribution < -0.4 is 4.74 Å². The lowest BCUT2D eigenvalue weighted by Crippen LogP contribution is -2.15. The van der Waals surface area contributed by atoms with Crippen molar-refractivity contribution in [3.05, 3.63) is 29.8 Å². The Morgan fingerprint density at radius 1 is 1.47 bits per heavy atom. The van der Waals surface area contributed by atoms with Crippen molar-refractivity contribution in [2.45, 2.75) is 17.7 Å². The van der Waals surface area contributed by atoms with E-state index >= 15 is 0 Å². The number of alkyl halides is 1. The predicted octanol–water partition coefficient (Wildman–Crippen LogP) is 2.51. The lowest BCUT2D eigenvalue weighted by Gasteiger charge is -2.08. The van der Waals surface area contributed by atoms with Gasteiger partial charge in [0.25, 0.3) is 0 Å². The Hall–Kier alpha value is -1.36. The van der Waals surface area contributed by atoms with Crippen molar-refractivity contribution in [3.8, 4) is 5.75 Å². The van der Waals surface area contributed by atoms with Gasteiger partial charge in [-0.05, 0) is 18.6 Å². The summed E-state index contributed by atoms with van der Waals surface area (Å²) in [6.45, 7) is 0. The summed E-state index contributed by atoms with van der Waals surface area (Å²) in [6.07, 6.45) is 0.233. The van der Waals surface area contributed by atoms with Gasteiger partial charge in [-0.2, -0.15) is 0 Å². The van der Waals surface area contributed by atoms with Crippen LogP contribution >= 0.6 is 15.9 Å². The van der Waals surface area contributed by atoms with Crippen LogP contribution in [-0.2, 0) is 4.79 Å². The number of halogens is 1. The molecule has 0 spiro atoms. The number of aliphatic carboxylic acids is 1. The number of carboxylic acids is 1. The Labute approximate surface area is 108 Å². The number of rotatable bonds is 6. The first-order chi connectivity index (χ1) is 8.04. The first-order valence-electron chi connectivity index (χ1n) is 5.08. The second-order valence-corrected chi connectivity index (χ2v) is 4.60. The van der Waals surface area contributed by atoms with E-state index in [4.69, 9.17) is 9.84 Å². The number of ketones is 1. The van der Waals surface area contributed by atoms with Crippen molar-refractivity contribution in [2.24, 2.45) is 0 Å². The number of hydrogen-bond donors (Lipinski definition) is 1. The van der Waals surface area contributed by atoms with Crippen molar-refractivity contribution in [3.63, 3.8) is 0 Å². The molecule has 5 heteroatoms. The molecule has 4 nitrogen and oxygen atoms in total. The fourth-order valence-corrected chi connectivity index (χ4v) is 1.83. The number of carbonyl (C=O) groups excluding carboxylic acids is 1. The van der Waals surface area contributed by atoms with Gasteiger partial charge in [-0.1, -0.05) is 28.1 Å². The van der Waals surface area contributed by atoms with E-state index in [1.807, 2.05) is 0 Å². The van der Waals surface area contributed by atoms with E-state index in [-0.39, 0.29) is 18.6 Å². The topological polar surface area (TPSA) is 63.6 Å². The number of Topliss-reactive ketones (excluding diaryl/α,β-unsaturated/α-hetero) is 1. The van der Waals surface area contributed by atoms with E-state index in [1.165, 1.54) is 7.11 Å². The highest BCUT2D eigenvalue weighted by molar-refractivity contribution is 9.10. The Morgan fingerprint density at radius 3 is 2.76 bits per heavy atom. The van der Waals surface area contributed by atoms with Gasteiger partial charge in [0.15, 0.2) is 5.78 Å². The molecule has 1 N–H and O–H groups in total. The molecule has 0 fully saturated rings. The average molecular weight is 301 g/mol. The van der Waals surface area contributed by atoms with Crippen LogP contribution in [0.4, 0.5) is 0 Å². The highest BCUT2D eigenvalue weighted by atomic mass is 79.9. The van der Waals surface area contributed by atoms with E-state index in [1.54, 1.807) is 24.3 Å². The minimum Gasteiger partial charge on any atom is -0.497 e. The normalized spacial score (nSPS) is 11.9. The van der Waals surface area contributed by atoms with Crippen LogP contribution in [0.15, 0.2) is 24.3 Å². The number of carbonyl (C=O) groups is 2. The lowest BCUT2D eigenvalue weighted by atomic mass is 10.1. The number of methoxy groups -OCH3 is 1. The van der Waals surface area contributed by atoms with Gasteiger partial charge in [0, 0.05) is 12.0 Å². The molecule has 0 amide bonds. The second kappa shape index (κ2) is 6.39. The van der Waals surface area contributed by atoms with E-state index in [2.05, 4.69) is 15.9 Å². The smallest absolute Gasteiger partial charge is 0.303 e. The molecule has 0 heterocycles. The minimum absolute atomic E-state index is 0.0361. The first-order valence-corrected chi connectivity index (χ1v) is 6.00. The molecule has 0 saturated heterocycles. The monoisotopic (exact) mass is 300 g/mol. The van der Waals surface area contributed by atoms with Gasteiger partial charge >= 0.3 is 5.97 Å².